The molecule has 2 rings (SSSR count). The fraction of sp³-hybridized carbons (Fsp3) is 0.286. The molecule has 1 heterocycles. The molecule has 0 saturated heterocycles. The van der Waals surface area contributed by atoms with Crippen molar-refractivity contribution in [3.63, 3.8) is 0 Å². The number of benzene rings is 1. The van der Waals surface area contributed by atoms with Crippen molar-refractivity contribution in [1.82, 2.24) is 0 Å². The average molecular weight is 231 g/mol. The summed E-state index contributed by atoms with van der Waals surface area (Å²) in [6.45, 7) is 2.06. The van der Waals surface area contributed by atoms with Gasteiger partial charge in [0.1, 0.15) is 0 Å². The van der Waals surface area contributed by atoms with Gasteiger partial charge in [-0.25, -0.2) is 0 Å². The predicted molar refractivity (Wildman–Crippen MR) is 71.7 cm³/mol. The molecule has 1 unspecified atom stereocenters. The molecule has 1 nitrogen and oxygen atoms in total. The van der Waals surface area contributed by atoms with Gasteiger partial charge in [0.15, 0.2) is 0 Å². The summed E-state index contributed by atoms with van der Waals surface area (Å²) in [4.78, 5) is 2.77. The highest BCUT2D eigenvalue weighted by atomic mass is 32.1. The highest BCUT2D eigenvalue weighted by Gasteiger charge is 2.03. The summed E-state index contributed by atoms with van der Waals surface area (Å²) < 4.78 is 0. The van der Waals surface area contributed by atoms with E-state index in [1.54, 1.807) is 0 Å². The third kappa shape index (κ3) is 2.94. The van der Waals surface area contributed by atoms with Gasteiger partial charge in [0.05, 0.1) is 0 Å². The molecule has 2 N–H and O–H groups in total. The summed E-state index contributed by atoms with van der Waals surface area (Å²) in [5.74, 6) is 0. The Balaban J connectivity index is 2.08. The highest BCUT2D eigenvalue weighted by molar-refractivity contribution is 7.15. The lowest BCUT2D eigenvalue weighted by molar-refractivity contribution is 0.670. The van der Waals surface area contributed by atoms with E-state index >= 15 is 0 Å². The zero-order valence-electron chi connectivity index (χ0n) is 9.52. The van der Waals surface area contributed by atoms with Gasteiger partial charge in [-0.05, 0) is 37.5 Å². The fourth-order valence-electron chi connectivity index (χ4n) is 1.64. The van der Waals surface area contributed by atoms with Crippen LogP contribution in [0.3, 0.4) is 0 Å². The molecule has 84 valence electrons. The van der Waals surface area contributed by atoms with Crippen LogP contribution in [0, 0.1) is 0 Å². The fourth-order valence-corrected chi connectivity index (χ4v) is 2.67. The van der Waals surface area contributed by atoms with Crippen molar-refractivity contribution in [3.8, 4) is 10.4 Å². The third-order valence-electron chi connectivity index (χ3n) is 2.57. The number of hydrogen-bond donors (Lipinski definition) is 1. The maximum absolute atomic E-state index is 5.76. The molecule has 0 aliphatic carbocycles. The van der Waals surface area contributed by atoms with E-state index in [4.69, 9.17) is 5.73 Å². The topological polar surface area (TPSA) is 26.0 Å². The van der Waals surface area contributed by atoms with Crippen molar-refractivity contribution in [2.24, 2.45) is 5.73 Å². The van der Waals surface area contributed by atoms with Crippen LogP contribution in [-0.2, 0) is 6.42 Å². The van der Waals surface area contributed by atoms with E-state index < -0.39 is 0 Å². The standard InChI is InChI=1S/C14H17NS/c1-11(15)7-8-13-9-10-14(16-13)12-5-3-2-4-6-12/h2-6,9-11H,7-8,15H2,1H3. The first-order valence-electron chi connectivity index (χ1n) is 5.65. The van der Waals surface area contributed by atoms with Gasteiger partial charge in [-0.3, -0.25) is 0 Å². The molecule has 0 bridgehead atoms. The van der Waals surface area contributed by atoms with Crippen LogP contribution in [0.5, 0.6) is 0 Å². The Hall–Kier alpha value is -1.12. The number of aryl methyl sites for hydroxylation is 1. The predicted octanol–water partition coefficient (Wildman–Crippen LogP) is 3.69. The van der Waals surface area contributed by atoms with Gasteiger partial charge in [0, 0.05) is 15.8 Å². The highest BCUT2D eigenvalue weighted by Crippen LogP contribution is 2.28. The minimum Gasteiger partial charge on any atom is -0.328 e. The minimum atomic E-state index is 0.294. The molecule has 2 heteroatoms. The Morgan fingerprint density at radius 1 is 1.12 bits per heavy atom. The van der Waals surface area contributed by atoms with Crippen molar-refractivity contribution in [2.45, 2.75) is 25.8 Å². The van der Waals surface area contributed by atoms with E-state index in [9.17, 15) is 0 Å². The van der Waals surface area contributed by atoms with Crippen LogP contribution in [0.4, 0.5) is 0 Å². The smallest absolute Gasteiger partial charge is 0.0345 e. The summed E-state index contributed by atoms with van der Waals surface area (Å²) in [5, 5.41) is 0. The van der Waals surface area contributed by atoms with Crippen LogP contribution in [-0.4, -0.2) is 6.04 Å². The van der Waals surface area contributed by atoms with Gasteiger partial charge in [-0.1, -0.05) is 30.3 Å². The summed E-state index contributed by atoms with van der Waals surface area (Å²) in [5.41, 5.74) is 7.07. The quantitative estimate of drug-likeness (QED) is 0.853. The van der Waals surface area contributed by atoms with E-state index in [0.717, 1.165) is 12.8 Å². The van der Waals surface area contributed by atoms with Gasteiger partial charge in [-0.2, -0.15) is 0 Å². The molecule has 0 aliphatic rings. The number of nitrogens with two attached hydrogens (primary N) is 1. The zero-order valence-corrected chi connectivity index (χ0v) is 10.3. The third-order valence-corrected chi connectivity index (χ3v) is 3.76. The molecule has 16 heavy (non-hydrogen) atoms. The average Bonchev–Trinajstić information content (AvgIpc) is 2.76. The van der Waals surface area contributed by atoms with Gasteiger partial charge in [0.2, 0.25) is 0 Å². The second-order valence-corrected chi connectivity index (χ2v) is 5.32. The van der Waals surface area contributed by atoms with Crippen LogP contribution < -0.4 is 5.73 Å². The molecule has 0 saturated carbocycles. The normalized spacial score (nSPS) is 12.6. The van der Waals surface area contributed by atoms with Crippen molar-refractivity contribution in [3.05, 3.63) is 47.3 Å². The Kier molecular flexibility index (Phi) is 3.75. The van der Waals surface area contributed by atoms with Crippen molar-refractivity contribution >= 4 is 11.3 Å². The Morgan fingerprint density at radius 3 is 2.56 bits per heavy atom. The van der Waals surface area contributed by atoms with Crippen LogP contribution >= 0.6 is 11.3 Å². The minimum absolute atomic E-state index is 0.294. The van der Waals surface area contributed by atoms with Crippen LogP contribution in [0.1, 0.15) is 18.2 Å². The van der Waals surface area contributed by atoms with E-state index in [1.807, 2.05) is 17.4 Å². The molecule has 0 spiro atoms. The lowest BCUT2D eigenvalue weighted by Crippen LogP contribution is -2.14. The second kappa shape index (κ2) is 5.28. The molecule has 2 aromatic rings. The molecule has 1 aromatic heterocycles. The Bertz CT molecular complexity index is 431. The maximum Gasteiger partial charge on any atom is 0.0345 e. The molecular formula is C14H17NS. The van der Waals surface area contributed by atoms with Crippen LogP contribution in [0.15, 0.2) is 42.5 Å². The van der Waals surface area contributed by atoms with E-state index in [0.29, 0.717) is 6.04 Å². The summed E-state index contributed by atoms with van der Waals surface area (Å²) >= 11 is 1.87. The lowest BCUT2D eigenvalue weighted by atomic mass is 10.1. The number of thiophene rings is 1. The number of hydrogen-bond acceptors (Lipinski definition) is 2. The second-order valence-electron chi connectivity index (χ2n) is 4.15. The maximum atomic E-state index is 5.76. The van der Waals surface area contributed by atoms with Crippen LogP contribution in [0.25, 0.3) is 10.4 Å². The summed E-state index contributed by atoms with van der Waals surface area (Å²) in [6.07, 6.45) is 2.16. The van der Waals surface area contributed by atoms with E-state index in [1.165, 1.54) is 15.3 Å². The summed E-state index contributed by atoms with van der Waals surface area (Å²) in [6, 6.07) is 15.2. The first-order valence-corrected chi connectivity index (χ1v) is 6.47. The molecule has 1 atom stereocenters. The van der Waals surface area contributed by atoms with Crippen molar-refractivity contribution in [2.75, 3.05) is 0 Å². The van der Waals surface area contributed by atoms with E-state index in [-0.39, 0.29) is 0 Å². The Labute approximate surface area is 101 Å². The van der Waals surface area contributed by atoms with Gasteiger partial charge < -0.3 is 5.73 Å². The molecule has 0 fully saturated rings. The SMILES string of the molecule is CC(N)CCc1ccc(-c2ccccc2)s1. The number of rotatable bonds is 4. The van der Waals surface area contributed by atoms with Crippen molar-refractivity contribution < 1.29 is 0 Å². The molecule has 0 aliphatic heterocycles. The largest absolute Gasteiger partial charge is 0.328 e. The molecule has 0 radical (unpaired) electrons. The summed E-state index contributed by atoms with van der Waals surface area (Å²) in [7, 11) is 0. The molecule has 0 amide bonds. The van der Waals surface area contributed by atoms with E-state index in [2.05, 4.69) is 43.3 Å². The lowest BCUT2D eigenvalue weighted by Gasteiger charge is -2.01. The first-order chi connectivity index (χ1) is 7.75. The zero-order chi connectivity index (χ0) is 11.4. The van der Waals surface area contributed by atoms with Gasteiger partial charge >= 0.3 is 0 Å². The molecule has 1 aromatic carbocycles. The molecular weight excluding hydrogens is 214 g/mol. The first kappa shape index (κ1) is 11.4. The van der Waals surface area contributed by atoms with Crippen LogP contribution in [0.2, 0.25) is 0 Å². The van der Waals surface area contributed by atoms with Gasteiger partial charge in [-0.15, -0.1) is 11.3 Å². The van der Waals surface area contributed by atoms with Crippen molar-refractivity contribution in [1.29, 1.82) is 0 Å². The monoisotopic (exact) mass is 231 g/mol. The van der Waals surface area contributed by atoms with Gasteiger partial charge in [0.25, 0.3) is 0 Å². The Morgan fingerprint density at radius 2 is 1.88 bits per heavy atom.